The quantitative estimate of drug-likeness (QED) is 0.833. The molecule has 3 rings (SSSR count). The van der Waals surface area contributed by atoms with Crippen LogP contribution in [0.5, 0.6) is 0 Å². The number of esters is 1. The van der Waals surface area contributed by atoms with Crippen LogP contribution in [0.1, 0.15) is 30.6 Å². The van der Waals surface area contributed by atoms with E-state index in [1.807, 2.05) is 60.7 Å². The van der Waals surface area contributed by atoms with Gasteiger partial charge in [-0.25, -0.2) is 9.86 Å². The summed E-state index contributed by atoms with van der Waals surface area (Å²) in [7, 11) is 0. The molecular formula is C20H21NO5. The largest absolute Gasteiger partial charge is 0.451 e. The second-order valence-electron chi connectivity index (χ2n) is 6.19. The minimum absolute atomic E-state index is 0.0237. The third kappa shape index (κ3) is 4.09. The number of ether oxygens (including phenoxy) is 1. The Morgan fingerprint density at radius 3 is 2.15 bits per heavy atom. The lowest BCUT2D eigenvalue weighted by atomic mass is 10.0. The molecule has 1 amide bonds. The van der Waals surface area contributed by atoms with Crippen molar-refractivity contribution < 1.29 is 24.3 Å². The van der Waals surface area contributed by atoms with Gasteiger partial charge in [-0.3, -0.25) is 9.63 Å². The molecule has 0 aromatic heterocycles. The number of hydrogen-bond donors (Lipinski definition) is 1. The van der Waals surface area contributed by atoms with Crippen molar-refractivity contribution in [2.24, 2.45) is 0 Å². The minimum Gasteiger partial charge on any atom is -0.451 e. The van der Waals surface area contributed by atoms with Gasteiger partial charge in [0, 0.05) is 0 Å². The number of amides is 1. The van der Waals surface area contributed by atoms with Crippen LogP contribution in [-0.2, 0) is 19.2 Å². The Hall–Kier alpha value is -2.70. The number of carbonyl (C=O) groups is 2. The summed E-state index contributed by atoms with van der Waals surface area (Å²) < 4.78 is 5.74. The van der Waals surface area contributed by atoms with Gasteiger partial charge < -0.3 is 9.84 Å². The molecule has 0 saturated carbocycles. The molecule has 0 spiro atoms. The highest BCUT2D eigenvalue weighted by molar-refractivity contribution is 5.84. The highest BCUT2D eigenvalue weighted by Crippen LogP contribution is 2.27. The van der Waals surface area contributed by atoms with Crippen LogP contribution in [0, 0.1) is 0 Å². The van der Waals surface area contributed by atoms with E-state index in [0.717, 1.165) is 16.2 Å². The van der Waals surface area contributed by atoms with Crippen molar-refractivity contribution in [1.29, 1.82) is 0 Å². The fourth-order valence-corrected chi connectivity index (χ4v) is 2.81. The zero-order chi connectivity index (χ0) is 18.5. The molecule has 2 atom stereocenters. The Labute approximate surface area is 151 Å². The van der Waals surface area contributed by atoms with Crippen molar-refractivity contribution in [2.45, 2.75) is 31.6 Å². The van der Waals surface area contributed by atoms with E-state index in [-0.39, 0.29) is 13.0 Å². The fraction of sp³-hybridized carbons (Fsp3) is 0.300. The Morgan fingerprint density at radius 1 is 1.12 bits per heavy atom. The molecule has 26 heavy (non-hydrogen) atoms. The molecule has 6 nitrogen and oxygen atoms in total. The SMILES string of the molecule is C[C@H](C(=O)OC(c1ccccc1)c1ccccc1)N1OCC(O)CC1=O. The fourth-order valence-electron chi connectivity index (χ4n) is 2.81. The molecular weight excluding hydrogens is 334 g/mol. The maximum atomic E-state index is 12.7. The van der Waals surface area contributed by atoms with Crippen molar-refractivity contribution in [3.05, 3.63) is 71.8 Å². The summed E-state index contributed by atoms with van der Waals surface area (Å²) in [5.74, 6) is -1.02. The van der Waals surface area contributed by atoms with Crippen LogP contribution >= 0.6 is 0 Å². The van der Waals surface area contributed by atoms with E-state index in [1.54, 1.807) is 6.92 Å². The number of aliphatic hydroxyl groups excluding tert-OH is 1. The van der Waals surface area contributed by atoms with Gasteiger partial charge in [-0.1, -0.05) is 60.7 Å². The molecule has 6 heteroatoms. The van der Waals surface area contributed by atoms with Crippen molar-refractivity contribution in [3.63, 3.8) is 0 Å². The van der Waals surface area contributed by atoms with Gasteiger partial charge in [0.2, 0.25) is 5.91 Å². The first-order valence-electron chi connectivity index (χ1n) is 8.49. The van der Waals surface area contributed by atoms with Gasteiger partial charge in [0.1, 0.15) is 6.61 Å². The lowest BCUT2D eigenvalue weighted by molar-refractivity contribution is -0.230. The Bertz CT molecular complexity index is 710. The normalized spacial score (nSPS) is 18.7. The van der Waals surface area contributed by atoms with Crippen LogP contribution in [0.4, 0.5) is 0 Å². The highest BCUT2D eigenvalue weighted by atomic mass is 16.7. The van der Waals surface area contributed by atoms with E-state index >= 15 is 0 Å². The monoisotopic (exact) mass is 355 g/mol. The van der Waals surface area contributed by atoms with Crippen molar-refractivity contribution >= 4 is 11.9 Å². The average Bonchev–Trinajstić information content (AvgIpc) is 2.67. The number of aliphatic hydroxyl groups is 1. The number of nitrogens with zero attached hydrogens (tertiary/aromatic N) is 1. The van der Waals surface area contributed by atoms with Crippen molar-refractivity contribution in [2.75, 3.05) is 6.61 Å². The number of rotatable bonds is 5. The van der Waals surface area contributed by atoms with Crippen molar-refractivity contribution in [1.82, 2.24) is 5.06 Å². The molecule has 0 bridgehead atoms. The predicted molar refractivity (Wildman–Crippen MR) is 93.7 cm³/mol. The lowest BCUT2D eigenvalue weighted by Crippen LogP contribution is -2.49. The third-order valence-electron chi connectivity index (χ3n) is 4.19. The van der Waals surface area contributed by atoms with E-state index in [2.05, 4.69) is 0 Å². The minimum atomic E-state index is -0.912. The van der Waals surface area contributed by atoms with E-state index in [9.17, 15) is 14.7 Å². The molecule has 2 aromatic rings. The molecule has 2 aromatic carbocycles. The van der Waals surface area contributed by atoms with Gasteiger partial charge in [0.15, 0.2) is 12.1 Å². The molecule has 1 aliphatic rings. The molecule has 1 aliphatic heterocycles. The first-order chi connectivity index (χ1) is 12.6. The lowest BCUT2D eigenvalue weighted by Gasteiger charge is -2.32. The first-order valence-corrected chi connectivity index (χ1v) is 8.49. The molecule has 1 N–H and O–H groups in total. The number of hydroxylamine groups is 2. The summed E-state index contributed by atoms with van der Waals surface area (Å²) in [6, 6.07) is 17.9. The van der Waals surface area contributed by atoms with E-state index in [1.165, 1.54) is 0 Å². The van der Waals surface area contributed by atoms with Gasteiger partial charge in [-0.15, -0.1) is 0 Å². The topological polar surface area (TPSA) is 76.1 Å². The summed E-state index contributed by atoms with van der Waals surface area (Å²) in [5, 5.41) is 10.5. The van der Waals surface area contributed by atoms with E-state index in [4.69, 9.17) is 9.57 Å². The maximum absolute atomic E-state index is 12.7. The van der Waals surface area contributed by atoms with E-state index < -0.39 is 30.1 Å². The van der Waals surface area contributed by atoms with Crippen LogP contribution in [-0.4, -0.2) is 40.8 Å². The van der Waals surface area contributed by atoms with Gasteiger partial charge in [0.25, 0.3) is 0 Å². The summed E-state index contributed by atoms with van der Waals surface area (Å²) in [6.45, 7) is 1.52. The summed E-state index contributed by atoms with van der Waals surface area (Å²) in [4.78, 5) is 29.9. The molecule has 1 unspecified atom stereocenters. The average molecular weight is 355 g/mol. The van der Waals surface area contributed by atoms with Crippen LogP contribution < -0.4 is 0 Å². The van der Waals surface area contributed by atoms with Gasteiger partial charge >= 0.3 is 5.97 Å². The molecule has 1 heterocycles. The summed E-state index contributed by atoms with van der Waals surface area (Å²) in [5.41, 5.74) is 1.67. The van der Waals surface area contributed by atoms with Gasteiger partial charge in [0.05, 0.1) is 12.5 Å². The molecule has 0 aliphatic carbocycles. The summed E-state index contributed by atoms with van der Waals surface area (Å²) >= 11 is 0. The predicted octanol–water partition coefficient (Wildman–Crippen LogP) is 2.23. The second-order valence-corrected chi connectivity index (χ2v) is 6.19. The Balaban J connectivity index is 1.78. The number of carbonyl (C=O) groups excluding carboxylic acids is 2. The molecule has 1 saturated heterocycles. The zero-order valence-electron chi connectivity index (χ0n) is 14.4. The first kappa shape index (κ1) is 18.1. The smallest absolute Gasteiger partial charge is 0.332 e. The number of hydrogen-bond acceptors (Lipinski definition) is 5. The van der Waals surface area contributed by atoms with Crippen LogP contribution in [0.25, 0.3) is 0 Å². The van der Waals surface area contributed by atoms with E-state index in [0.29, 0.717) is 0 Å². The van der Waals surface area contributed by atoms with Gasteiger partial charge in [-0.2, -0.15) is 0 Å². The third-order valence-corrected chi connectivity index (χ3v) is 4.19. The molecule has 0 radical (unpaired) electrons. The van der Waals surface area contributed by atoms with Crippen molar-refractivity contribution in [3.8, 4) is 0 Å². The van der Waals surface area contributed by atoms with Crippen LogP contribution in [0.2, 0.25) is 0 Å². The maximum Gasteiger partial charge on any atom is 0.332 e. The Morgan fingerprint density at radius 2 is 1.65 bits per heavy atom. The molecule has 136 valence electrons. The standard InChI is InChI=1S/C20H21NO5/c1-14(21-18(23)12-17(22)13-25-21)20(24)26-19(15-8-4-2-5-9-15)16-10-6-3-7-11-16/h2-11,14,17,19,22H,12-13H2,1H3/t14-,17?/m1/s1. The Kier molecular flexibility index (Phi) is 5.65. The van der Waals surface area contributed by atoms with Gasteiger partial charge in [-0.05, 0) is 18.1 Å². The molecule has 1 fully saturated rings. The van der Waals surface area contributed by atoms with Crippen LogP contribution in [0.3, 0.4) is 0 Å². The number of benzene rings is 2. The summed E-state index contributed by atoms with van der Waals surface area (Å²) in [6.07, 6.45) is -1.50. The second kappa shape index (κ2) is 8.12. The van der Waals surface area contributed by atoms with Crippen LogP contribution in [0.15, 0.2) is 60.7 Å². The highest BCUT2D eigenvalue weighted by Gasteiger charge is 2.35. The zero-order valence-corrected chi connectivity index (χ0v) is 14.4.